The average Bonchev–Trinajstić information content (AvgIpc) is 3.12. The van der Waals surface area contributed by atoms with Crippen molar-refractivity contribution in [2.24, 2.45) is 0 Å². The molecule has 2 aromatic rings. The summed E-state index contributed by atoms with van der Waals surface area (Å²) in [7, 11) is 0. The molecule has 1 N–H and O–H groups in total. The fourth-order valence-electron chi connectivity index (χ4n) is 2.70. The van der Waals surface area contributed by atoms with Gasteiger partial charge in [0.05, 0.1) is 17.7 Å². The van der Waals surface area contributed by atoms with Gasteiger partial charge in [0.1, 0.15) is 6.26 Å². The molecule has 0 saturated carbocycles. The molecule has 0 atom stereocenters. The molecule has 12 heteroatoms. The van der Waals surface area contributed by atoms with E-state index in [1.54, 1.807) is 13.8 Å². The van der Waals surface area contributed by atoms with Crippen molar-refractivity contribution >= 4 is 11.8 Å². The highest BCUT2D eigenvalue weighted by atomic mass is 19.4. The van der Waals surface area contributed by atoms with Gasteiger partial charge in [-0.05, 0) is 45.9 Å². The lowest BCUT2D eigenvalue weighted by atomic mass is 10.0. The first kappa shape index (κ1) is 25.2. The second-order valence-corrected chi connectivity index (χ2v) is 7.58. The van der Waals surface area contributed by atoms with Gasteiger partial charge in [-0.15, -0.1) is 0 Å². The number of rotatable bonds is 6. The average molecular weight is 465 g/mol. The standard InChI is InChI=1S/C20H21F6N3O3/c1-10(2)27-17(30)15-9-32-16(28-15)8-29(11(3)4)18(31)12-5-13(19(21,22)23)7-14(6-12)20(24,25)26/h5-7,9-11H,8H2,1-4H3,(H,27,30). The van der Waals surface area contributed by atoms with E-state index in [0.29, 0.717) is 12.1 Å². The van der Waals surface area contributed by atoms with Crippen LogP contribution in [0.4, 0.5) is 26.3 Å². The van der Waals surface area contributed by atoms with E-state index in [0.717, 1.165) is 11.2 Å². The lowest BCUT2D eigenvalue weighted by Crippen LogP contribution is -2.37. The minimum absolute atomic E-state index is 0.0514. The highest BCUT2D eigenvalue weighted by molar-refractivity contribution is 5.95. The third-order valence-electron chi connectivity index (χ3n) is 4.23. The lowest BCUT2D eigenvalue weighted by molar-refractivity contribution is -0.143. The monoisotopic (exact) mass is 465 g/mol. The zero-order chi connectivity index (χ0) is 24.4. The molecule has 0 aliphatic carbocycles. The Morgan fingerprint density at radius 2 is 1.53 bits per heavy atom. The molecule has 0 bridgehead atoms. The predicted molar refractivity (Wildman–Crippen MR) is 101 cm³/mol. The van der Waals surface area contributed by atoms with E-state index < -0.39 is 46.9 Å². The number of hydrogen-bond donors (Lipinski definition) is 1. The van der Waals surface area contributed by atoms with Gasteiger partial charge >= 0.3 is 12.4 Å². The first-order chi connectivity index (χ1) is 14.6. The van der Waals surface area contributed by atoms with Crippen LogP contribution in [-0.2, 0) is 18.9 Å². The van der Waals surface area contributed by atoms with Crippen molar-refractivity contribution in [3.8, 4) is 0 Å². The number of benzene rings is 1. The number of halogens is 6. The van der Waals surface area contributed by atoms with Crippen LogP contribution >= 0.6 is 0 Å². The quantitative estimate of drug-likeness (QED) is 0.616. The lowest BCUT2D eigenvalue weighted by Gasteiger charge is -2.26. The molecule has 1 heterocycles. The van der Waals surface area contributed by atoms with Crippen LogP contribution in [0.2, 0.25) is 0 Å². The van der Waals surface area contributed by atoms with Gasteiger partial charge in [0, 0.05) is 17.6 Å². The summed E-state index contributed by atoms with van der Waals surface area (Å²) in [6, 6.07) is -0.135. The van der Waals surface area contributed by atoms with Gasteiger partial charge in [-0.25, -0.2) is 4.98 Å². The number of alkyl halides is 6. The molecule has 0 spiro atoms. The second-order valence-electron chi connectivity index (χ2n) is 7.58. The van der Waals surface area contributed by atoms with Crippen LogP contribution < -0.4 is 5.32 Å². The molecule has 176 valence electrons. The zero-order valence-corrected chi connectivity index (χ0v) is 17.6. The number of nitrogens with zero attached hydrogens (tertiary/aromatic N) is 2. The minimum atomic E-state index is -5.08. The Morgan fingerprint density at radius 1 is 1.00 bits per heavy atom. The van der Waals surface area contributed by atoms with Crippen molar-refractivity contribution in [2.45, 2.75) is 58.7 Å². The SMILES string of the molecule is CC(C)NC(=O)c1coc(CN(C(=O)c2cc(C(F)(F)F)cc(C(F)(F)F)c2)C(C)C)n1. The van der Waals surface area contributed by atoms with Crippen LogP contribution in [0, 0.1) is 0 Å². The molecule has 0 aliphatic heterocycles. The summed E-state index contributed by atoms with van der Waals surface area (Å²) >= 11 is 0. The van der Waals surface area contributed by atoms with E-state index >= 15 is 0 Å². The number of oxazole rings is 1. The first-order valence-corrected chi connectivity index (χ1v) is 9.45. The van der Waals surface area contributed by atoms with Crippen LogP contribution in [0.25, 0.3) is 0 Å². The molecule has 0 unspecified atom stereocenters. The molecule has 0 saturated heterocycles. The Kier molecular flexibility index (Phi) is 7.26. The van der Waals surface area contributed by atoms with Gasteiger partial charge < -0.3 is 14.6 Å². The number of carbonyl (C=O) groups excluding carboxylic acids is 2. The van der Waals surface area contributed by atoms with Crippen molar-refractivity contribution in [3.05, 3.63) is 52.7 Å². The van der Waals surface area contributed by atoms with Crippen molar-refractivity contribution in [2.75, 3.05) is 0 Å². The Bertz CT molecular complexity index is 947. The number of aromatic nitrogens is 1. The molecule has 2 amide bonds. The van der Waals surface area contributed by atoms with Gasteiger partial charge in [-0.2, -0.15) is 26.3 Å². The molecule has 0 fully saturated rings. The Morgan fingerprint density at radius 3 is 1.97 bits per heavy atom. The molecule has 6 nitrogen and oxygen atoms in total. The minimum Gasteiger partial charge on any atom is -0.446 e. The van der Waals surface area contributed by atoms with Gasteiger partial charge in [-0.1, -0.05) is 0 Å². The van der Waals surface area contributed by atoms with Crippen LogP contribution in [0.15, 0.2) is 28.9 Å². The van der Waals surface area contributed by atoms with Crippen molar-refractivity contribution in [1.29, 1.82) is 0 Å². The highest BCUT2D eigenvalue weighted by Crippen LogP contribution is 2.36. The number of amides is 2. The molecular formula is C20H21F6N3O3. The van der Waals surface area contributed by atoms with Crippen LogP contribution in [0.5, 0.6) is 0 Å². The first-order valence-electron chi connectivity index (χ1n) is 9.45. The summed E-state index contributed by atoms with van der Waals surface area (Å²) < 4.78 is 83.9. The molecular weight excluding hydrogens is 444 g/mol. The number of hydrogen-bond acceptors (Lipinski definition) is 4. The molecule has 0 radical (unpaired) electrons. The normalized spacial score (nSPS) is 12.4. The van der Waals surface area contributed by atoms with E-state index in [2.05, 4.69) is 10.3 Å². The third kappa shape index (κ3) is 6.24. The van der Waals surface area contributed by atoms with Gasteiger partial charge in [0.2, 0.25) is 5.89 Å². The highest BCUT2D eigenvalue weighted by Gasteiger charge is 2.38. The smallest absolute Gasteiger partial charge is 0.416 e. The fourth-order valence-corrected chi connectivity index (χ4v) is 2.70. The van der Waals surface area contributed by atoms with Crippen molar-refractivity contribution in [3.63, 3.8) is 0 Å². The second kappa shape index (κ2) is 9.21. The summed E-state index contributed by atoms with van der Waals surface area (Å²) in [5.41, 5.74) is -4.06. The van der Waals surface area contributed by atoms with Crippen molar-refractivity contribution < 1.29 is 40.3 Å². The Balaban J connectivity index is 2.38. The predicted octanol–water partition coefficient (Wildman–Crippen LogP) is 4.90. The maximum atomic E-state index is 13.1. The van der Waals surface area contributed by atoms with Crippen LogP contribution in [-0.4, -0.2) is 33.8 Å². The van der Waals surface area contributed by atoms with E-state index in [1.807, 2.05) is 0 Å². The summed E-state index contributed by atoms with van der Waals surface area (Å²) in [6.45, 7) is 6.12. The van der Waals surface area contributed by atoms with E-state index in [9.17, 15) is 35.9 Å². The Hall–Kier alpha value is -3.05. The number of nitrogens with one attached hydrogen (secondary N) is 1. The van der Waals surface area contributed by atoms with Crippen LogP contribution in [0.1, 0.15) is 65.6 Å². The molecule has 2 rings (SSSR count). The van der Waals surface area contributed by atoms with Crippen LogP contribution in [0.3, 0.4) is 0 Å². The summed E-state index contributed by atoms with van der Waals surface area (Å²) in [4.78, 5) is 29.8. The van der Waals surface area contributed by atoms with Gasteiger partial charge in [0.15, 0.2) is 5.69 Å². The zero-order valence-electron chi connectivity index (χ0n) is 17.6. The molecule has 32 heavy (non-hydrogen) atoms. The van der Waals surface area contributed by atoms with Gasteiger partial charge in [0.25, 0.3) is 11.8 Å². The van der Waals surface area contributed by atoms with E-state index in [1.165, 1.54) is 13.8 Å². The third-order valence-corrected chi connectivity index (χ3v) is 4.23. The van der Waals surface area contributed by atoms with Gasteiger partial charge in [-0.3, -0.25) is 9.59 Å². The number of carbonyl (C=O) groups is 2. The summed E-state index contributed by atoms with van der Waals surface area (Å²) in [5.74, 6) is -1.72. The molecule has 0 aliphatic rings. The maximum absolute atomic E-state index is 13.1. The largest absolute Gasteiger partial charge is 0.446 e. The van der Waals surface area contributed by atoms with E-state index in [-0.39, 0.29) is 30.2 Å². The maximum Gasteiger partial charge on any atom is 0.416 e. The molecule has 1 aromatic carbocycles. The fraction of sp³-hybridized carbons (Fsp3) is 0.450. The van der Waals surface area contributed by atoms with Crippen molar-refractivity contribution in [1.82, 2.24) is 15.2 Å². The Labute approximate surface area is 179 Å². The topological polar surface area (TPSA) is 75.4 Å². The molecule has 1 aromatic heterocycles. The summed E-state index contributed by atoms with van der Waals surface area (Å²) in [5, 5.41) is 2.58. The summed E-state index contributed by atoms with van der Waals surface area (Å²) in [6.07, 6.45) is -9.12. The van der Waals surface area contributed by atoms with E-state index in [4.69, 9.17) is 4.42 Å².